The number of imidazole rings is 1. The molecule has 0 saturated carbocycles. The van der Waals surface area contributed by atoms with E-state index in [1.54, 1.807) is 0 Å². The minimum Gasteiger partial charge on any atom is -0.361 e. The van der Waals surface area contributed by atoms with E-state index in [1.807, 2.05) is 26.4 Å². The highest BCUT2D eigenvalue weighted by Gasteiger charge is 2.21. The lowest BCUT2D eigenvalue weighted by Crippen LogP contribution is -2.12. The third-order valence-corrected chi connectivity index (χ3v) is 3.73. The van der Waals surface area contributed by atoms with Gasteiger partial charge in [0.15, 0.2) is 0 Å². The molecular formula is C13H18N4O. The lowest BCUT2D eigenvalue weighted by atomic mass is 10.1. The lowest BCUT2D eigenvalue weighted by molar-refractivity contribution is 0.392. The normalized spacial score (nSPS) is 19.6. The van der Waals surface area contributed by atoms with Gasteiger partial charge in [-0.15, -0.1) is 0 Å². The predicted molar refractivity (Wildman–Crippen MR) is 67.5 cm³/mol. The maximum Gasteiger partial charge on any atom is 0.138 e. The van der Waals surface area contributed by atoms with Crippen molar-refractivity contribution in [3.63, 3.8) is 0 Å². The molecule has 1 saturated heterocycles. The molecule has 96 valence electrons. The van der Waals surface area contributed by atoms with Crippen LogP contribution < -0.4 is 5.32 Å². The fourth-order valence-corrected chi connectivity index (χ4v) is 2.61. The predicted octanol–water partition coefficient (Wildman–Crippen LogP) is 1.61. The van der Waals surface area contributed by atoms with Crippen LogP contribution >= 0.6 is 0 Å². The van der Waals surface area contributed by atoms with Crippen LogP contribution in [-0.2, 0) is 6.54 Å². The first-order valence-electron chi connectivity index (χ1n) is 6.38. The summed E-state index contributed by atoms with van der Waals surface area (Å²) in [5.41, 5.74) is 3.44. The molecule has 0 aliphatic carbocycles. The van der Waals surface area contributed by atoms with Crippen molar-refractivity contribution in [3.05, 3.63) is 35.2 Å². The van der Waals surface area contributed by atoms with Crippen molar-refractivity contribution in [1.29, 1.82) is 0 Å². The van der Waals surface area contributed by atoms with Gasteiger partial charge in [-0.05, 0) is 26.8 Å². The van der Waals surface area contributed by atoms with Gasteiger partial charge in [-0.1, -0.05) is 5.16 Å². The summed E-state index contributed by atoms with van der Waals surface area (Å²) < 4.78 is 7.43. The fourth-order valence-electron chi connectivity index (χ4n) is 2.61. The molecule has 1 unspecified atom stereocenters. The minimum atomic E-state index is 0.577. The van der Waals surface area contributed by atoms with Crippen molar-refractivity contribution in [2.24, 2.45) is 0 Å². The van der Waals surface area contributed by atoms with Crippen molar-refractivity contribution in [3.8, 4) is 0 Å². The van der Waals surface area contributed by atoms with Crippen LogP contribution in [0, 0.1) is 13.8 Å². The largest absolute Gasteiger partial charge is 0.361 e. The maximum atomic E-state index is 5.21. The summed E-state index contributed by atoms with van der Waals surface area (Å²) >= 11 is 0. The summed E-state index contributed by atoms with van der Waals surface area (Å²) in [5.74, 6) is 1.48. The second-order valence-corrected chi connectivity index (χ2v) is 4.94. The molecule has 0 amide bonds. The third-order valence-electron chi connectivity index (χ3n) is 3.73. The minimum absolute atomic E-state index is 0.577. The summed E-state index contributed by atoms with van der Waals surface area (Å²) in [6, 6.07) is 0. The average Bonchev–Trinajstić information content (AvgIpc) is 3.06. The molecule has 3 heterocycles. The molecule has 5 nitrogen and oxygen atoms in total. The van der Waals surface area contributed by atoms with Gasteiger partial charge >= 0.3 is 0 Å². The van der Waals surface area contributed by atoms with E-state index >= 15 is 0 Å². The number of nitrogens with one attached hydrogen (secondary N) is 1. The van der Waals surface area contributed by atoms with E-state index in [0.717, 1.165) is 31.1 Å². The second-order valence-electron chi connectivity index (χ2n) is 4.94. The highest BCUT2D eigenvalue weighted by molar-refractivity contribution is 5.22. The van der Waals surface area contributed by atoms with Crippen molar-refractivity contribution in [2.75, 3.05) is 13.1 Å². The van der Waals surface area contributed by atoms with Gasteiger partial charge in [0.2, 0.25) is 0 Å². The molecule has 0 aromatic carbocycles. The Morgan fingerprint density at radius 2 is 2.39 bits per heavy atom. The molecule has 0 radical (unpaired) electrons. The summed E-state index contributed by atoms with van der Waals surface area (Å²) in [6.07, 6.45) is 5.07. The maximum absolute atomic E-state index is 5.21. The Kier molecular flexibility index (Phi) is 2.91. The number of rotatable bonds is 3. The monoisotopic (exact) mass is 246 g/mol. The molecule has 1 aliphatic rings. The van der Waals surface area contributed by atoms with Crippen LogP contribution in [0.15, 0.2) is 17.0 Å². The number of nitrogens with zero attached hydrogens (tertiary/aromatic N) is 3. The van der Waals surface area contributed by atoms with Crippen LogP contribution in [0.3, 0.4) is 0 Å². The first-order valence-corrected chi connectivity index (χ1v) is 6.38. The molecule has 0 spiro atoms. The highest BCUT2D eigenvalue weighted by Crippen LogP contribution is 2.23. The molecule has 2 aromatic heterocycles. The van der Waals surface area contributed by atoms with Crippen LogP contribution in [0.1, 0.15) is 35.1 Å². The van der Waals surface area contributed by atoms with Gasteiger partial charge in [0.1, 0.15) is 5.76 Å². The van der Waals surface area contributed by atoms with Crippen LogP contribution in [0.4, 0.5) is 0 Å². The first-order chi connectivity index (χ1) is 8.75. The summed E-state index contributed by atoms with van der Waals surface area (Å²) in [5, 5.41) is 7.40. The third kappa shape index (κ3) is 1.95. The van der Waals surface area contributed by atoms with Gasteiger partial charge in [0.05, 0.1) is 18.6 Å². The zero-order chi connectivity index (χ0) is 12.5. The Hall–Kier alpha value is -1.62. The molecule has 5 heteroatoms. The van der Waals surface area contributed by atoms with Gasteiger partial charge in [0, 0.05) is 29.9 Å². The Labute approximate surface area is 106 Å². The molecule has 3 rings (SSSR count). The molecule has 1 atom stereocenters. The van der Waals surface area contributed by atoms with Crippen molar-refractivity contribution in [2.45, 2.75) is 32.7 Å². The van der Waals surface area contributed by atoms with Gasteiger partial charge in [0.25, 0.3) is 0 Å². The van der Waals surface area contributed by atoms with Gasteiger partial charge < -0.3 is 14.4 Å². The standard InChI is InChI=1S/C13H18N4O/c1-9-12(10(2)18-16-9)7-17-8-15-6-13(17)11-3-4-14-5-11/h6,8,11,14H,3-5,7H2,1-2H3. The summed E-state index contributed by atoms with van der Waals surface area (Å²) in [6.45, 7) is 6.89. The zero-order valence-corrected chi connectivity index (χ0v) is 10.8. The van der Waals surface area contributed by atoms with E-state index in [9.17, 15) is 0 Å². The fraction of sp³-hybridized carbons (Fsp3) is 0.538. The van der Waals surface area contributed by atoms with Crippen molar-refractivity contribution < 1.29 is 4.52 Å². The van der Waals surface area contributed by atoms with E-state index in [0.29, 0.717) is 5.92 Å². The van der Waals surface area contributed by atoms with Crippen LogP contribution in [0.2, 0.25) is 0 Å². The lowest BCUT2D eigenvalue weighted by Gasteiger charge is -2.12. The van der Waals surface area contributed by atoms with E-state index in [2.05, 4.69) is 20.0 Å². The molecule has 1 fully saturated rings. The Morgan fingerprint density at radius 1 is 1.50 bits per heavy atom. The van der Waals surface area contributed by atoms with E-state index in [4.69, 9.17) is 4.52 Å². The quantitative estimate of drug-likeness (QED) is 0.894. The van der Waals surface area contributed by atoms with Crippen LogP contribution in [-0.4, -0.2) is 27.8 Å². The smallest absolute Gasteiger partial charge is 0.138 e. The second kappa shape index (κ2) is 4.57. The molecule has 1 N–H and O–H groups in total. The molecular weight excluding hydrogens is 228 g/mol. The number of hydrogen-bond acceptors (Lipinski definition) is 4. The van der Waals surface area contributed by atoms with Crippen LogP contribution in [0.5, 0.6) is 0 Å². The number of aromatic nitrogens is 3. The van der Waals surface area contributed by atoms with Crippen molar-refractivity contribution in [1.82, 2.24) is 20.0 Å². The topological polar surface area (TPSA) is 55.9 Å². The number of aryl methyl sites for hydroxylation is 2. The molecule has 18 heavy (non-hydrogen) atoms. The molecule has 0 bridgehead atoms. The Bertz CT molecular complexity index is 517. The number of hydrogen-bond donors (Lipinski definition) is 1. The zero-order valence-electron chi connectivity index (χ0n) is 10.8. The Balaban J connectivity index is 1.87. The van der Waals surface area contributed by atoms with Gasteiger partial charge in [-0.2, -0.15) is 0 Å². The van der Waals surface area contributed by atoms with E-state index in [-0.39, 0.29) is 0 Å². The van der Waals surface area contributed by atoms with Crippen LogP contribution in [0.25, 0.3) is 0 Å². The highest BCUT2D eigenvalue weighted by atomic mass is 16.5. The van der Waals surface area contributed by atoms with Crippen molar-refractivity contribution >= 4 is 0 Å². The van der Waals surface area contributed by atoms with E-state index in [1.165, 1.54) is 17.7 Å². The molecule has 2 aromatic rings. The van der Waals surface area contributed by atoms with E-state index < -0.39 is 0 Å². The average molecular weight is 246 g/mol. The Morgan fingerprint density at radius 3 is 3.06 bits per heavy atom. The summed E-state index contributed by atoms with van der Waals surface area (Å²) in [7, 11) is 0. The van der Waals surface area contributed by atoms with Gasteiger partial charge in [-0.3, -0.25) is 0 Å². The van der Waals surface area contributed by atoms with Gasteiger partial charge in [-0.25, -0.2) is 4.98 Å². The SMILES string of the molecule is Cc1noc(C)c1Cn1cncc1C1CCNC1. The summed E-state index contributed by atoms with van der Waals surface area (Å²) in [4.78, 5) is 4.29. The molecule has 1 aliphatic heterocycles. The first kappa shape index (κ1) is 11.5.